The third-order valence-corrected chi connectivity index (χ3v) is 5.90. The van der Waals surface area contributed by atoms with Gasteiger partial charge in [-0.05, 0) is 58.5 Å². The SMILES string of the molecule is CCC(=C(c1ccc(C=CC(=O)O)cc1)c1ccc2[nH]ncc2c1)c1cccc(OC)c1Cl. The first-order valence-corrected chi connectivity index (χ1v) is 10.9. The molecule has 0 saturated carbocycles. The fourth-order valence-electron chi connectivity index (χ4n) is 3.95. The molecule has 0 unspecified atom stereocenters. The van der Waals surface area contributed by atoms with Crippen LogP contribution in [0, 0.1) is 0 Å². The Bertz CT molecular complexity index is 1370. The van der Waals surface area contributed by atoms with Gasteiger partial charge in [0, 0.05) is 17.0 Å². The number of H-pyrrole nitrogens is 1. The third kappa shape index (κ3) is 4.69. The van der Waals surface area contributed by atoms with Crippen molar-refractivity contribution in [3.05, 3.63) is 100 Å². The number of methoxy groups -OCH3 is 1. The number of hydrogen-bond donors (Lipinski definition) is 2. The average molecular weight is 459 g/mol. The van der Waals surface area contributed by atoms with Crippen molar-refractivity contribution in [3.63, 3.8) is 0 Å². The molecule has 0 fully saturated rings. The van der Waals surface area contributed by atoms with E-state index in [1.165, 1.54) is 0 Å². The molecule has 1 heterocycles. The lowest BCUT2D eigenvalue weighted by atomic mass is 9.87. The number of halogens is 1. The molecule has 166 valence electrons. The zero-order valence-electron chi connectivity index (χ0n) is 18.3. The smallest absolute Gasteiger partial charge is 0.328 e. The number of aromatic amines is 1. The van der Waals surface area contributed by atoms with Crippen molar-refractivity contribution in [2.75, 3.05) is 7.11 Å². The summed E-state index contributed by atoms with van der Waals surface area (Å²) in [4.78, 5) is 10.9. The zero-order chi connectivity index (χ0) is 23.4. The maximum atomic E-state index is 10.9. The summed E-state index contributed by atoms with van der Waals surface area (Å²) in [6, 6.07) is 19.8. The number of carboxylic acid groups (broad SMARTS) is 1. The number of aromatic nitrogens is 2. The van der Waals surface area contributed by atoms with E-state index in [9.17, 15) is 4.79 Å². The van der Waals surface area contributed by atoms with Crippen molar-refractivity contribution < 1.29 is 14.6 Å². The molecule has 4 rings (SSSR count). The van der Waals surface area contributed by atoms with E-state index in [1.807, 2.05) is 48.5 Å². The minimum atomic E-state index is -0.978. The van der Waals surface area contributed by atoms with Gasteiger partial charge in [-0.3, -0.25) is 5.10 Å². The van der Waals surface area contributed by atoms with Crippen LogP contribution in [0.25, 0.3) is 28.1 Å². The summed E-state index contributed by atoms with van der Waals surface area (Å²) in [7, 11) is 1.61. The van der Waals surface area contributed by atoms with Crippen LogP contribution < -0.4 is 4.74 Å². The molecule has 3 aromatic carbocycles. The van der Waals surface area contributed by atoms with E-state index >= 15 is 0 Å². The van der Waals surface area contributed by atoms with Gasteiger partial charge in [0.15, 0.2) is 0 Å². The Hall–Kier alpha value is -3.83. The largest absolute Gasteiger partial charge is 0.495 e. The molecule has 0 aliphatic heterocycles. The number of aliphatic carboxylic acids is 1. The van der Waals surface area contributed by atoms with Crippen molar-refractivity contribution >= 4 is 45.7 Å². The van der Waals surface area contributed by atoms with E-state index in [0.717, 1.165) is 56.8 Å². The van der Waals surface area contributed by atoms with Gasteiger partial charge < -0.3 is 9.84 Å². The van der Waals surface area contributed by atoms with E-state index in [0.29, 0.717) is 10.8 Å². The number of allylic oxidation sites excluding steroid dienone is 1. The lowest BCUT2D eigenvalue weighted by Crippen LogP contribution is -1.97. The molecule has 0 radical (unpaired) electrons. The topological polar surface area (TPSA) is 75.2 Å². The Kier molecular flexibility index (Phi) is 6.61. The molecule has 0 spiro atoms. The second-order valence-electron chi connectivity index (χ2n) is 7.49. The van der Waals surface area contributed by atoms with Crippen molar-refractivity contribution in [3.8, 4) is 5.75 Å². The minimum Gasteiger partial charge on any atom is -0.495 e. The summed E-state index contributed by atoms with van der Waals surface area (Å²) in [5.41, 5.74) is 6.85. The standard InChI is InChI=1S/C27H23ClN2O3/c1-3-21(22-5-4-6-24(33-2)27(22)28)26(19-12-13-23-20(15-19)16-29-30-23)18-10-7-17(8-11-18)9-14-25(31)32/h4-16H,3H2,1-2H3,(H,29,30)(H,31,32). The van der Waals surface area contributed by atoms with Crippen LogP contribution in [-0.2, 0) is 4.79 Å². The zero-order valence-corrected chi connectivity index (χ0v) is 19.1. The molecule has 6 heteroatoms. The first kappa shape index (κ1) is 22.4. The lowest BCUT2D eigenvalue weighted by molar-refractivity contribution is -0.131. The van der Waals surface area contributed by atoms with E-state index in [4.69, 9.17) is 21.4 Å². The predicted octanol–water partition coefficient (Wildman–Crippen LogP) is 6.69. The van der Waals surface area contributed by atoms with Gasteiger partial charge in [-0.1, -0.05) is 61.0 Å². The highest BCUT2D eigenvalue weighted by molar-refractivity contribution is 6.34. The van der Waals surface area contributed by atoms with Gasteiger partial charge in [-0.25, -0.2) is 4.79 Å². The van der Waals surface area contributed by atoms with Crippen LogP contribution in [0.3, 0.4) is 0 Å². The summed E-state index contributed by atoms with van der Waals surface area (Å²) >= 11 is 6.74. The molecule has 0 saturated heterocycles. The lowest BCUT2D eigenvalue weighted by Gasteiger charge is -2.18. The van der Waals surface area contributed by atoms with Crippen LogP contribution in [0.15, 0.2) is 72.9 Å². The second-order valence-corrected chi connectivity index (χ2v) is 7.87. The number of nitrogens with one attached hydrogen (secondary N) is 1. The van der Waals surface area contributed by atoms with Crippen LogP contribution in [0.2, 0.25) is 5.02 Å². The quantitative estimate of drug-likeness (QED) is 0.239. The summed E-state index contributed by atoms with van der Waals surface area (Å²) in [5.74, 6) is -0.354. The first-order valence-electron chi connectivity index (χ1n) is 10.5. The van der Waals surface area contributed by atoms with E-state index in [1.54, 1.807) is 19.4 Å². The highest BCUT2D eigenvalue weighted by atomic mass is 35.5. The van der Waals surface area contributed by atoms with Crippen molar-refractivity contribution in [1.29, 1.82) is 0 Å². The molecule has 0 amide bonds. The molecule has 2 N–H and O–H groups in total. The van der Waals surface area contributed by atoms with Gasteiger partial charge in [-0.2, -0.15) is 5.10 Å². The number of ether oxygens (including phenoxy) is 1. The highest BCUT2D eigenvalue weighted by Gasteiger charge is 2.17. The highest BCUT2D eigenvalue weighted by Crippen LogP contribution is 2.40. The first-order chi connectivity index (χ1) is 16.0. The van der Waals surface area contributed by atoms with E-state index in [-0.39, 0.29) is 0 Å². The minimum absolute atomic E-state index is 0.569. The molecule has 1 aromatic heterocycles. The van der Waals surface area contributed by atoms with E-state index < -0.39 is 5.97 Å². The van der Waals surface area contributed by atoms with Crippen LogP contribution in [-0.4, -0.2) is 28.4 Å². The van der Waals surface area contributed by atoms with Gasteiger partial charge in [0.1, 0.15) is 5.75 Å². The normalized spacial score (nSPS) is 12.2. The van der Waals surface area contributed by atoms with Gasteiger partial charge >= 0.3 is 5.97 Å². The second kappa shape index (κ2) is 9.76. The summed E-state index contributed by atoms with van der Waals surface area (Å²) < 4.78 is 5.46. The molecule has 0 aliphatic rings. The van der Waals surface area contributed by atoms with E-state index in [2.05, 4.69) is 29.3 Å². The fraction of sp³-hybridized carbons (Fsp3) is 0.111. The Morgan fingerprint density at radius 3 is 2.58 bits per heavy atom. The summed E-state index contributed by atoms with van der Waals surface area (Å²) in [6.45, 7) is 2.10. The van der Waals surface area contributed by atoms with Crippen LogP contribution >= 0.6 is 11.6 Å². The molecule has 0 aliphatic carbocycles. The molecule has 0 atom stereocenters. The third-order valence-electron chi connectivity index (χ3n) is 5.51. The molecule has 5 nitrogen and oxygen atoms in total. The maximum absolute atomic E-state index is 10.9. The van der Waals surface area contributed by atoms with Crippen molar-refractivity contribution in [2.45, 2.75) is 13.3 Å². The Morgan fingerprint density at radius 2 is 1.88 bits per heavy atom. The average Bonchev–Trinajstić information content (AvgIpc) is 3.30. The Morgan fingerprint density at radius 1 is 1.12 bits per heavy atom. The maximum Gasteiger partial charge on any atom is 0.328 e. The fourth-order valence-corrected chi connectivity index (χ4v) is 4.26. The number of carboxylic acids is 1. The van der Waals surface area contributed by atoms with Crippen LogP contribution in [0.1, 0.15) is 35.6 Å². The van der Waals surface area contributed by atoms with Crippen molar-refractivity contribution in [2.24, 2.45) is 0 Å². The number of nitrogens with zero attached hydrogens (tertiary/aromatic N) is 1. The number of rotatable bonds is 7. The number of fused-ring (bicyclic) bond motifs is 1. The van der Waals surface area contributed by atoms with Crippen molar-refractivity contribution in [1.82, 2.24) is 10.2 Å². The molecular formula is C27H23ClN2O3. The molecule has 33 heavy (non-hydrogen) atoms. The molecular weight excluding hydrogens is 436 g/mol. The predicted molar refractivity (Wildman–Crippen MR) is 133 cm³/mol. The van der Waals surface area contributed by atoms with Crippen LogP contribution in [0.4, 0.5) is 0 Å². The van der Waals surface area contributed by atoms with Gasteiger partial charge in [-0.15, -0.1) is 0 Å². The molecule has 4 aromatic rings. The summed E-state index contributed by atoms with van der Waals surface area (Å²) in [5, 5.41) is 17.6. The monoisotopic (exact) mass is 458 g/mol. The number of benzene rings is 3. The van der Waals surface area contributed by atoms with Crippen LogP contribution in [0.5, 0.6) is 5.75 Å². The van der Waals surface area contributed by atoms with Gasteiger partial charge in [0.05, 0.1) is 23.8 Å². The Labute approximate surface area is 197 Å². The van der Waals surface area contributed by atoms with Gasteiger partial charge in [0.25, 0.3) is 0 Å². The Balaban J connectivity index is 1.95. The number of carbonyl (C=O) groups is 1. The van der Waals surface area contributed by atoms with Gasteiger partial charge in [0.2, 0.25) is 0 Å². The molecule has 0 bridgehead atoms. The summed E-state index contributed by atoms with van der Waals surface area (Å²) in [6.07, 6.45) is 5.26. The number of hydrogen-bond acceptors (Lipinski definition) is 3.